The molecule has 8 heteroatoms. The van der Waals surface area contributed by atoms with Gasteiger partial charge >= 0.3 is 6.09 Å². The Labute approximate surface area is 137 Å². The van der Waals surface area contributed by atoms with Crippen LogP contribution in [0.1, 0.15) is 0 Å². The van der Waals surface area contributed by atoms with E-state index in [1.807, 2.05) is 18.2 Å². The molecule has 4 rings (SSSR count). The smallest absolute Gasteiger partial charge is 0.415 e. The topological polar surface area (TPSA) is 85.1 Å². The van der Waals surface area contributed by atoms with Crippen molar-refractivity contribution in [3.05, 3.63) is 18.2 Å². The Bertz CT molecular complexity index is 668. The third-order valence-corrected chi connectivity index (χ3v) is 5.50. The molecule has 122 valence electrons. The molecular formula is C15H17N3O4S. The number of carbonyl (C=O) groups excluding carboxylic acids is 2. The van der Waals surface area contributed by atoms with Gasteiger partial charge in [0.15, 0.2) is 0 Å². The quantitative estimate of drug-likeness (QED) is 0.861. The molecule has 2 saturated heterocycles. The SMILES string of the molecule is NCC1OC(=O)N2c3ccc(N4CCOCC4=O)cc3SCC12. The molecule has 3 heterocycles. The minimum Gasteiger partial charge on any atom is -0.442 e. The molecular weight excluding hydrogens is 318 g/mol. The van der Waals surface area contributed by atoms with E-state index in [0.29, 0.717) is 19.7 Å². The maximum atomic E-state index is 12.1. The van der Waals surface area contributed by atoms with Gasteiger partial charge in [0.1, 0.15) is 12.7 Å². The standard InChI is InChI=1S/C15H17N3O4S/c16-6-12-11-8-23-13-5-9(17-3-4-21-7-14(17)19)1-2-10(13)18(11)15(20)22-12/h1-2,5,11-12H,3-4,6-8,16H2. The number of anilines is 2. The highest BCUT2D eigenvalue weighted by atomic mass is 32.2. The molecule has 0 bridgehead atoms. The van der Waals surface area contributed by atoms with Gasteiger partial charge in [-0.05, 0) is 18.2 Å². The van der Waals surface area contributed by atoms with E-state index in [1.54, 1.807) is 21.6 Å². The van der Waals surface area contributed by atoms with Gasteiger partial charge in [-0.2, -0.15) is 0 Å². The van der Waals surface area contributed by atoms with Gasteiger partial charge in [-0.1, -0.05) is 0 Å². The summed E-state index contributed by atoms with van der Waals surface area (Å²) < 4.78 is 10.5. The van der Waals surface area contributed by atoms with Crippen LogP contribution >= 0.6 is 11.8 Å². The summed E-state index contributed by atoms with van der Waals surface area (Å²) in [5, 5.41) is 0. The second kappa shape index (κ2) is 5.70. The Morgan fingerprint density at radius 3 is 3.00 bits per heavy atom. The molecule has 1 aromatic carbocycles. The van der Waals surface area contributed by atoms with Crippen molar-refractivity contribution in [2.24, 2.45) is 5.73 Å². The van der Waals surface area contributed by atoms with E-state index in [0.717, 1.165) is 22.0 Å². The number of morpholine rings is 1. The maximum absolute atomic E-state index is 12.1. The largest absolute Gasteiger partial charge is 0.442 e. The first-order valence-corrected chi connectivity index (χ1v) is 8.52. The highest BCUT2D eigenvalue weighted by Gasteiger charge is 2.45. The van der Waals surface area contributed by atoms with Gasteiger partial charge in [0.2, 0.25) is 0 Å². The molecule has 0 aliphatic carbocycles. The fourth-order valence-electron chi connectivity index (χ4n) is 3.18. The molecule has 23 heavy (non-hydrogen) atoms. The predicted octanol–water partition coefficient (Wildman–Crippen LogP) is 0.808. The lowest BCUT2D eigenvalue weighted by molar-refractivity contribution is -0.125. The van der Waals surface area contributed by atoms with Crippen molar-refractivity contribution in [1.29, 1.82) is 0 Å². The lowest BCUT2D eigenvalue weighted by Gasteiger charge is -2.32. The van der Waals surface area contributed by atoms with Crippen LogP contribution in [0.15, 0.2) is 23.1 Å². The van der Waals surface area contributed by atoms with Crippen molar-refractivity contribution in [1.82, 2.24) is 0 Å². The summed E-state index contributed by atoms with van der Waals surface area (Å²) in [6.45, 7) is 1.52. The number of thioether (sulfide) groups is 1. The summed E-state index contributed by atoms with van der Waals surface area (Å²) in [7, 11) is 0. The summed E-state index contributed by atoms with van der Waals surface area (Å²) >= 11 is 1.67. The minimum absolute atomic E-state index is 0.0270. The summed E-state index contributed by atoms with van der Waals surface area (Å²) in [4.78, 5) is 28.5. The number of cyclic esters (lactones) is 1. The number of hydrogen-bond donors (Lipinski definition) is 1. The van der Waals surface area contributed by atoms with Crippen LogP contribution in [0.5, 0.6) is 0 Å². The molecule has 2 unspecified atom stereocenters. The van der Waals surface area contributed by atoms with Gasteiger partial charge < -0.3 is 20.1 Å². The van der Waals surface area contributed by atoms with Gasteiger partial charge in [-0.25, -0.2) is 4.79 Å². The number of nitrogens with zero attached hydrogens (tertiary/aromatic N) is 2. The van der Waals surface area contributed by atoms with E-state index in [-0.39, 0.29) is 30.8 Å². The van der Waals surface area contributed by atoms with Crippen LogP contribution in [-0.2, 0) is 14.3 Å². The first-order chi connectivity index (χ1) is 11.2. The molecule has 7 nitrogen and oxygen atoms in total. The average molecular weight is 335 g/mol. The lowest BCUT2D eigenvalue weighted by atomic mass is 10.1. The number of fused-ring (bicyclic) bond motifs is 3. The van der Waals surface area contributed by atoms with Gasteiger partial charge in [-0.15, -0.1) is 11.8 Å². The van der Waals surface area contributed by atoms with E-state index in [1.165, 1.54) is 0 Å². The first kappa shape index (κ1) is 14.8. The fourth-order valence-corrected chi connectivity index (χ4v) is 4.41. The summed E-state index contributed by atoms with van der Waals surface area (Å²) in [6, 6.07) is 5.68. The molecule has 0 spiro atoms. The molecule has 0 radical (unpaired) electrons. The Hall–Kier alpha value is -1.77. The van der Waals surface area contributed by atoms with Crippen LogP contribution < -0.4 is 15.5 Å². The van der Waals surface area contributed by atoms with Crippen LogP contribution in [-0.4, -0.2) is 56.2 Å². The summed E-state index contributed by atoms with van der Waals surface area (Å²) in [5.74, 6) is 0.694. The van der Waals surface area contributed by atoms with Gasteiger partial charge in [0.05, 0.1) is 18.3 Å². The average Bonchev–Trinajstić information content (AvgIpc) is 2.91. The highest BCUT2D eigenvalue weighted by Crippen LogP contribution is 2.43. The highest BCUT2D eigenvalue weighted by molar-refractivity contribution is 7.99. The third kappa shape index (κ3) is 2.37. The molecule has 0 aromatic heterocycles. The van der Waals surface area contributed by atoms with E-state index in [4.69, 9.17) is 15.2 Å². The third-order valence-electron chi connectivity index (χ3n) is 4.35. The second-order valence-corrected chi connectivity index (χ2v) is 6.72. The predicted molar refractivity (Wildman–Crippen MR) is 85.9 cm³/mol. The van der Waals surface area contributed by atoms with E-state index >= 15 is 0 Å². The van der Waals surface area contributed by atoms with E-state index in [2.05, 4.69) is 0 Å². The zero-order chi connectivity index (χ0) is 16.0. The molecule has 2 atom stereocenters. The second-order valence-electron chi connectivity index (χ2n) is 5.66. The Kier molecular flexibility index (Phi) is 3.67. The van der Waals surface area contributed by atoms with E-state index in [9.17, 15) is 9.59 Å². The number of rotatable bonds is 2. The van der Waals surface area contributed by atoms with Crippen LogP contribution in [0.2, 0.25) is 0 Å². The van der Waals surface area contributed by atoms with Crippen molar-refractivity contribution in [3.8, 4) is 0 Å². The van der Waals surface area contributed by atoms with Gasteiger partial charge in [0.25, 0.3) is 5.91 Å². The van der Waals surface area contributed by atoms with Crippen LogP contribution in [0.25, 0.3) is 0 Å². The van der Waals surface area contributed by atoms with Gasteiger partial charge in [0, 0.05) is 29.4 Å². The summed E-state index contributed by atoms with van der Waals surface area (Å²) in [5.41, 5.74) is 7.36. The molecule has 2 amide bonds. The molecule has 2 N–H and O–H groups in total. The maximum Gasteiger partial charge on any atom is 0.415 e. The van der Waals surface area contributed by atoms with Crippen molar-refractivity contribution in [3.63, 3.8) is 0 Å². The van der Waals surface area contributed by atoms with E-state index < -0.39 is 0 Å². The number of benzene rings is 1. The van der Waals surface area contributed by atoms with Crippen molar-refractivity contribution >= 4 is 35.1 Å². The van der Waals surface area contributed by atoms with Gasteiger partial charge in [-0.3, -0.25) is 9.69 Å². The molecule has 1 aromatic rings. The fraction of sp³-hybridized carbons (Fsp3) is 0.467. The van der Waals surface area contributed by atoms with Crippen molar-refractivity contribution in [2.45, 2.75) is 17.0 Å². The minimum atomic E-state index is -0.345. The zero-order valence-corrected chi connectivity index (χ0v) is 13.3. The number of amides is 2. The molecule has 2 fully saturated rings. The normalized spacial score (nSPS) is 26.8. The summed E-state index contributed by atoms with van der Waals surface area (Å²) in [6.07, 6.45) is -0.606. The Balaban J connectivity index is 1.66. The number of nitrogens with two attached hydrogens (primary N) is 1. The zero-order valence-electron chi connectivity index (χ0n) is 12.4. The number of hydrogen-bond acceptors (Lipinski definition) is 6. The Morgan fingerprint density at radius 1 is 1.35 bits per heavy atom. The van der Waals surface area contributed by atoms with Crippen LogP contribution in [0.3, 0.4) is 0 Å². The molecule has 3 aliphatic heterocycles. The van der Waals surface area contributed by atoms with Crippen molar-refractivity contribution in [2.75, 3.05) is 41.9 Å². The first-order valence-electron chi connectivity index (χ1n) is 7.54. The molecule has 0 saturated carbocycles. The molecule has 3 aliphatic rings. The van der Waals surface area contributed by atoms with Crippen LogP contribution in [0, 0.1) is 0 Å². The monoisotopic (exact) mass is 335 g/mol. The lowest BCUT2D eigenvalue weighted by Crippen LogP contribution is -2.44. The van der Waals surface area contributed by atoms with Crippen molar-refractivity contribution < 1.29 is 19.1 Å². The number of ether oxygens (including phenoxy) is 2. The number of carbonyl (C=O) groups is 2. The van der Waals surface area contributed by atoms with Crippen LogP contribution in [0.4, 0.5) is 16.2 Å². The Morgan fingerprint density at radius 2 is 2.22 bits per heavy atom.